The molecule has 0 radical (unpaired) electrons. The first-order chi connectivity index (χ1) is 14.2. The molecule has 0 spiro atoms. The van der Waals surface area contributed by atoms with Crippen molar-refractivity contribution >= 4 is 11.8 Å². The number of rotatable bonds is 10. The summed E-state index contributed by atoms with van der Waals surface area (Å²) in [4.78, 5) is 8.80. The van der Waals surface area contributed by atoms with Gasteiger partial charge in [0.15, 0.2) is 11.5 Å². The first-order valence-electron chi connectivity index (χ1n) is 9.37. The molecule has 3 rings (SSSR count). The smallest absolute Gasteiger partial charge is 0.224 e. The Labute approximate surface area is 171 Å². The first kappa shape index (κ1) is 20.3. The van der Waals surface area contributed by atoms with Crippen molar-refractivity contribution in [1.82, 2.24) is 9.97 Å². The molecule has 3 aromatic rings. The monoisotopic (exact) mass is 394 g/mol. The Morgan fingerprint density at radius 3 is 2.41 bits per heavy atom. The van der Waals surface area contributed by atoms with Crippen molar-refractivity contribution in [3.8, 4) is 17.2 Å². The fourth-order valence-electron chi connectivity index (χ4n) is 2.95. The molecule has 0 atom stereocenters. The van der Waals surface area contributed by atoms with Gasteiger partial charge in [-0.25, -0.2) is 4.98 Å². The molecule has 0 saturated carbocycles. The summed E-state index contributed by atoms with van der Waals surface area (Å²) in [6.07, 6.45) is 2.57. The van der Waals surface area contributed by atoms with Crippen molar-refractivity contribution in [3.63, 3.8) is 0 Å². The SMILES string of the molecule is COc1ccccc1CCNc1ccnc(NCc2ccc(OC)c(OC)c2)n1. The highest BCUT2D eigenvalue weighted by Crippen LogP contribution is 2.27. The summed E-state index contributed by atoms with van der Waals surface area (Å²) in [6, 6.07) is 15.7. The number of aromatic nitrogens is 2. The quantitative estimate of drug-likeness (QED) is 0.542. The Kier molecular flexibility index (Phi) is 7.10. The zero-order valence-electron chi connectivity index (χ0n) is 16.9. The van der Waals surface area contributed by atoms with Crippen LogP contribution >= 0.6 is 0 Å². The van der Waals surface area contributed by atoms with Gasteiger partial charge >= 0.3 is 0 Å². The number of para-hydroxylation sites is 1. The average Bonchev–Trinajstić information content (AvgIpc) is 2.78. The summed E-state index contributed by atoms with van der Waals surface area (Å²) in [5.41, 5.74) is 2.20. The zero-order valence-corrected chi connectivity index (χ0v) is 16.9. The van der Waals surface area contributed by atoms with Gasteiger partial charge in [0.05, 0.1) is 21.3 Å². The van der Waals surface area contributed by atoms with Crippen LogP contribution in [0.3, 0.4) is 0 Å². The second kappa shape index (κ2) is 10.2. The second-order valence-electron chi connectivity index (χ2n) is 6.30. The van der Waals surface area contributed by atoms with E-state index in [1.807, 2.05) is 42.5 Å². The molecule has 0 aliphatic carbocycles. The number of hydrogen-bond donors (Lipinski definition) is 2. The van der Waals surface area contributed by atoms with Gasteiger partial charge in [0.1, 0.15) is 11.6 Å². The van der Waals surface area contributed by atoms with Crippen LogP contribution in [0.4, 0.5) is 11.8 Å². The van der Waals surface area contributed by atoms with Crippen LogP contribution in [0.2, 0.25) is 0 Å². The highest BCUT2D eigenvalue weighted by atomic mass is 16.5. The molecule has 0 fully saturated rings. The van der Waals surface area contributed by atoms with Gasteiger partial charge in [-0.3, -0.25) is 0 Å². The summed E-state index contributed by atoms with van der Waals surface area (Å²) < 4.78 is 16.0. The number of hydrogen-bond acceptors (Lipinski definition) is 7. The summed E-state index contributed by atoms with van der Waals surface area (Å²) in [5, 5.41) is 6.57. The molecule has 1 aromatic heterocycles. The van der Waals surface area contributed by atoms with E-state index in [2.05, 4.69) is 26.7 Å². The van der Waals surface area contributed by atoms with Crippen molar-refractivity contribution in [2.24, 2.45) is 0 Å². The maximum Gasteiger partial charge on any atom is 0.224 e. The molecule has 29 heavy (non-hydrogen) atoms. The Balaban J connectivity index is 1.55. The van der Waals surface area contributed by atoms with Gasteiger partial charge in [0, 0.05) is 19.3 Å². The number of anilines is 2. The minimum absolute atomic E-state index is 0.557. The Morgan fingerprint density at radius 2 is 1.62 bits per heavy atom. The predicted molar refractivity (Wildman–Crippen MR) is 114 cm³/mol. The van der Waals surface area contributed by atoms with E-state index >= 15 is 0 Å². The summed E-state index contributed by atoms with van der Waals surface area (Å²) >= 11 is 0. The lowest BCUT2D eigenvalue weighted by molar-refractivity contribution is 0.354. The van der Waals surface area contributed by atoms with Crippen LogP contribution in [0, 0.1) is 0 Å². The Hall–Kier alpha value is -3.48. The summed E-state index contributed by atoms with van der Waals surface area (Å²) in [7, 11) is 4.93. The lowest BCUT2D eigenvalue weighted by Gasteiger charge is -2.11. The van der Waals surface area contributed by atoms with Crippen molar-refractivity contribution in [2.75, 3.05) is 38.5 Å². The van der Waals surface area contributed by atoms with Crippen molar-refractivity contribution < 1.29 is 14.2 Å². The van der Waals surface area contributed by atoms with Gasteiger partial charge in [0.25, 0.3) is 0 Å². The molecule has 2 aromatic carbocycles. The average molecular weight is 394 g/mol. The Bertz CT molecular complexity index is 933. The van der Waals surface area contributed by atoms with Crippen molar-refractivity contribution in [1.29, 1.82) is 0 Å². The number of nitrogens with one attached hydrogen (secondary N) is 2. The highest BCUT2D eigenvalue weighted by Gasteiger charge is 2.06. The van der Waals surface area contributed by atoms with Crippen LogP contribution in [-0.2, 0) is 13.0 Å². The molecule has 152 valence electrons. The van der Waals surface area contributed by atoms with E-state index in [9.17, 15) is 0 Å². The molecule has 0 amide bonds. The predicted octanol–water partition coefficient (Wildman–Crippen LogP) is 3.77. The lowest BCUT2D eigenvalue weighted by atomic mass is 10.1. The lowest BCUT2D eigenvalue weighted by Crippen LogP contribution is -2.09. The van der Waals surface area contributed by atoms with Gasteiger partial charge in [0.2, 0.25) is 5.95 Å². The molecule has 0 bridgehead atoms. The van der Waals surface area contributed by atoms with E-state index in [0.717, 1.165) is 35.7 Å². The van der Waals surface area contributed by atoms with E-state index in [1.54, 1.807) is 27.5 Å². The standard InChI is InChI=1S/C22H26N4O3/c1-27-18-7-5-4-6-17(18)10-12-23-21-11-13-24-22(26-21)25-15-16-8-9-19(28-2)20(14-16)29-3/h4-9,11,13-14H,10,12,15H2,1-3H3,(H2,23,24,25,26). The topological polar surface area (TPSA) is 77.5 Å². The molecule has 0 saturated heterocycles. The fourth-order valence-corrected chi connectivity index (χ4v) is 2.95. The molecular formula is C22H26N4O3. The fraction of sp³-hybridized carbons (Fsp3) is 0.273. The third-order valence-corrected chi connectivity index (χ3v) is 4.45. The third-order valence-electron chi connectivity index (χ3n) is 4.45. The van der Waals surface area contributed by atoms with E-state index < -0.39 is 0 Å². The van der Waals surface area contributed by atoms with E-state index in [1.165, 1.54) is 0 Å². The minimum Gasteiger partial charge on any atom is -0.496 e. The van der Waals surface area contributed by atoms with Crippen LogP contribution in [0.25, 0.3) is 0 Å². The first-order valence-corrected chi connectivity index (χ1v) is 9.37. The van der Waals surface area contributed by atoms with Gasteiger partial charge < -0.3 is 24.8 Å². The molecular weight excluding hydrogens is 368 g/mol. The largest absolute Gasteiger partial charge is 0.496 e. The molecule has 0 aliphatic rings. The summed E-state index contributed by atoms with van der Waals surface area (Å²) in [6.45, 7) is 1.32. The Morgan fingerprint density at radius 1 is 0.828 bits per heavy atom. The van der Waals surface area contributed by atoms with Crippen LogP contribution in [0.15, 0.2) is 54.7 Å². The van der Waals surface area contributed by atoms with Gasteiger partial charge in [-0.15, -0.1) is 0 Å². The zero-order chi connectivity index (χ0) is 20.5. The van der Waals surface area contributed by atoms with Crippen LogP contribution < -0.4 is 24.8 Å². The number of ether oxygens (including phenoxy) is 3. The summed E-state index contributed by atoms with van der Waals surface area (Å²) in [5.74, 6) is 3.62. The maximum absolute atomic E-state index is 5.39. The number of nitrogens with zero attached hydrogens (tertiary/aromatic N) is 2. The van der Waals surface area contributed by atoms with Crippen molar-refractivity contribution in [3.05, 3.63) is 65.9 Å². The molecule has 1 heterocycles. The minimum atomic E-state index is 0.557. The molecule has 0 aliphatic heterocycles. The van der Waals surface area contributed by atoms with Crippen LogP contribution in [0.1, 0.15) is 11.1 Å². The van der Waals surface area contributed by atoms with Gasteiger partial charge in [-0.05, 0) is 41.8 Å². The van der Waals surface area contributed by atoms with E-state index in [4.69, 9.17) is 14.2 Å². The highest BCUT2D eigenvalue weighted by molar-refractivity contribution is 5.45. The van der Waals surface area contributed by atoms with Crippen molar-refractivity contribution in [2.45, 2.75) is 13.0 Å². The molecule has 0 unspecified atom stereocenters. The molecule has 7 heteroatoms. The number of benzene rings is 2. The van der Waals surface area contributed by atoms with Crippen LogP contribution in [-0.4, -0.2) is 37.8 Å². The molecule has 2 N–H and O–H groups in total. The van der Waals surface area contributed by atoms with Gasteiger partial charge in [-0.1, -0.05) is 24.3 Å². The number of methoxy groups -OCH3 is 3. The third kappa shape index (κ3) is 5.51. The van der Waals surface area contributed by atoms with E-state index in [0.29, 0.717) is 24.0 Å². The second-order valence-corrected chi connectivity index (χ2v) is 6.30. The normalized spacial score (nSPS) is 10.3. The van der Waals surface area contributed by atoms with Gasteiger partial charge in [-0.2, -0.15) is 4.98 Å². The molecule has 7 nitrogen and oxygen atoms in total. The van der Waals surface area contributed by atoms with Crippen LogP contribution in [0.5, 0.6) is 17.2 Å². The maximum atomic E-state index is 5.39. The van der Waals surface area contributed by atoms with E-state index in [-0.39, 0.29) is 0 Å².